The molecule has 1 amide bonds. The molecule has 1 heterocycles. The zero-order valence-corrected chi connectivity index (χ0v) is 12.3. The number of amides is 1. The van der Waals surface area contributed by atoms with Gasteiger partial charge < -0.3 is 15.3 Å². The van der Waals surface area contributed by atoms with E-state index in [0.29, 0.717) is 16.0 Å². The number of anilines is 1. The lowest BCUT2D eigenvalue weighted by Crippen LogP contribution is -2.25. The summed E-state index contributed by atoms with van der Waals surface area (Å²) in [7, 11) is 0. The first-order chi connectivity index (χ1) is 11.0. The second-order valence-electron chi connectivity index (χ2n) is 4.71. The van der Waals surface area contributed by atoms with Crippen molar-refractivity contribution in [2.45, 2.75) is 6.92 Å². The first-order valence-corrected chi connectivity index (χ1v) is 6.72. The number of esters is 1. The third-order valence-corrected chi connectivity index (χ3v) is 2.92. The van der Waals surface area contributed by atoms with E-state index in [1.807, 2.05) is 0 Å². The van der Waals surface area contributed by atoms with Crippen molar-refractivity contribution in [2.24, 2.45) is 0 Å². The van der Waals surface area contributed by atoms with E-state index in [1.165, 1.54) is 25.1 Å². The number of nitrogens with zero attached hydrogens (tertiary/aromatic N) is 1. The number of hydrogen-bond donors (Lipinski definition) is 1. The van der Waals surface area contributed by atoms with Crippen molar-refractivity contribution >= 4 is 23.3 Å². The molecule has 1 aromatic heterocycles. The first-order valence-electron chi connectivity index (χ1n) is 6.72. The topological polar surface area (TPSA) is 99.4 Å². The summed E-state index contributed by atoms with van der Waals surface area (Å²) in [5, 5.41) is 13.4. The van der Waals surface area contributed by atoms with Crippen molar-refractivity contribution in [3.8, 4) is 0 Å². The van der Waals surface area contributed by atoms with E-state index in [-0.39, 0.29) is 11.3 Å². The van der Waals surface area contributed by atoms with Crippen LogP contribution in [0.4, 0.5) is 5.69 Å². The number of Topliss-reactive ketones (excluding diaryl/α,β-unsaturated/α-hetero) is 1. The zero-order valence-electron chi connectivity index (χ0n) is 12.3. The van der Waals surface area contributed by atoms with E-state index in [9.17, 15) is 19.6 Å². The van der Waals surface area contributed by atoms with Gasteiger partial charge in [-0.3, -0.25) is 9.59 Å². The SMILES string of the molecule is CC(=O)c1cccc(NC(=O)COC(=O)c2cc[n+]([O-])cc2)c1. The molecule has 2 rings (SSSR count). The summed E-state index contributed by atoms with van der Waals surface area (Å²) in [5.41, 5.74) is 1.07. The van der Waals surface area contributed by atoms with E-state index in [4.69, 9.17) is 4.74 Å². The molecule has 2 aromatic rings. The quantitative estimate of drug-likeness (QED) is 0.388. The molecule has 0 saturated carbocycles. The highest BCUT2D eigenvalue weighted by Crippen LogP contribution is 2.11. The summed E-state index contributed by atoms with van der Waals surface area (Å²) >= 11 is 0. The predicted molar refractivity (Wildman–Crippen MR) is 80.8 cm³/mol. The average molecular weight is 314 g/mol. The number of ketones is 1. The number of carbonyl (C=O) groups is 3. The maximum atomic E-state index is 11.8. The minimum atomic E-state index is -0.710. The van der Waals surface area contributed by atoms with E-state index in [1.54, 1.807) is 18.2 Å². The Bertz CT molecular complexity index is 740. The lowest BCUT2D eigenvalue weighted by molar-refractivity contribution is -0.605. The van der Waals surface area contributed by atoms with Crippen molar-refractivity contribution in [1.82, 2.24) is 0 Å². The highest BCUT2D eigenvalue weighted by Gasteiger charge is 2.11. The summed E-state index contributed by atoms with van der Waals surface area (Å²) in [5.74, 6) is -1.36. The van der Waals surface area contributed by atoms with Crippen LogP contribution in [0.5, 0.6) is 0 Å². The molecule has 0 fully saturated rings. The van der Waals surface area contributed by atoms with Crippen LogP contribution in [0.2, 0.25) is 0 Å². The Hall–Kier alpha value is -3.22. The summed E-state index contributed by atoms with van der Waals surface area (Å²) in [6, 6.07) is 9.02. The van der Waals surface area contributed by atoms with Crippen molar-refractivity contribution in [2.75, 3.05) is 11.9 Å². The molecule has 118 valence electrons. The second-order valence-corrected chi connectivity index (χ2v) is 4.71. The Balaban J connectivity index is 1.90. The number of aromatic nitrogens is 1. The fourth-order valence-corrected chi connectivity index (χ4v) is 1.78. The second kappa shape index (κ2) is 7.17. The number of pyridine rings is 1. The van der Waals surface area contributed by atoms with E-state index in [0.717, 1.165) is 12.4 Å². The molecule has 0 bridgehead atoms. The molecular formula is C16H14N2O5. The van der Waals surface area contributed by atoms with Gasteiger partial charge in [-0.1, -0.05) is 12.1 Å². The molecule has 0 spiro atoms. The maximum Gasteiger partial charge on any atom is 0.339 e. The molecule has 0 radical (unpaired) electrons. The van der Waals surface area contributed by atoms with Gasteiger partial charge >= 0.3 is 5.97 Å². The number of hydrogen-bond acceptors (Lipinski definition) is 5. The van der Waals surface area contributed by atoms with Crippen LogP contribution in [0.1, 0.15) is 27.6 Å². The molecule has 0 saturated heterocycles. The fraction of sp³-hybridized carbons (Fsp3) is 0.125. The number of ether oxygens (including phenoxy) is 1. The van der Waals surface area contributed by atoms with Crippen LogP contribution in [0.15, 0.2) is 48.8 Å². The Morgan fingerprint density at radius 1 is 1.13 bits per heavy atom. The molecule has 0 aliphatic carbocycles. The monoisotopic (exact) mass is 314 g/mol. The Morgan fingerprint density at radius 3 is 2.48 bits per heavy atom. The molecule has 0 aliphatic heterocycles. The fourth-order valence-electron chi connectivity index (χ4n) is 1.78. The largest absolute Gasteiger partial charge is 0.619 e. The van der Waals surface area contributed by atoms with Crippen molar-refractivity contribution in [3.63, 3.8) is 0 Å². The molecule has 0 aliphatic rings. The minimum absolute atomic E-state index is 0.118. The molecule has 7 nitrogen and oxygen atoms in total. The number of nitrogens with one attached hydrogen (secondary N) is 1. The van der Waals surface area contributed by atoms with E-state index >= 15 is 0 Å². The molecule has 1 N–H and O–H groups in total. The molecule has 23 heavy (non-hydrogen) atoms. The van der Waals surface area contributed by atoms with Gasteiger partial charge in [0, 0.05) is 23.4 Å². The standard InChI is InChI=1S/C16H14N2O5/c1-11(19)13-3-2-4-14(9-13)17-15(20)10-23-16(21)12-5-7-18(22)8-6-12/h2-9H,10H2,1H3,(H,17,20). The van der Waals surface area contributed by atoms with Gasteiger partial charge in [0.15, 0.2) is 24.8 Å². The summed E-state index contributed by atoms with van der Waals surface area (Å²) in [4.78, 5) is 34.7. The van der Waals surface area contributed by atoms with Gasteiger partial charge in [-0.15, -0.1) is 0 Å². The lowest BCUT2D eigenvalue weighted by Gasteiger charge is -2.07. The first kappa shape index (κ1) is 16.2. The van der Waals surface area contributed by atoms with Gasteiger partial charge in [0.05, 0.1) is 5.56 Å². The molecule has 0 unspecified atom stereocenters. The van der Waals surface area contributed by atoms with E-state index in [2.05, 4.69) is 5.32 Å². The molecule has 1 aromatic carbocycles. The smallest absolute Gasteiger partial charge is 0.339 e. The number of rotatable bonds is 5. The number of carbonyl (C=O) groups excluding carboxylic acids is 3. The van der Waals surface area contributed by atoms with Gasteiger partial charge in [-0.25, -0.2) is 4.79 Å². The lowest BCUT2D eigenvalue weighted by atomic mass is 10.1. The maximum absolute atomic E-state index is 11.8. The highest BCUT2D eigenvalue weighted by atomic mass is 16.5. The van der Waals surface area contributed by atoms with Gasteiger partial charge in [0.2, 0.25) is 0 Å². The van der Waals surface area contributed by atoms with E-state index < -0.39 is 18.5 Å². The van der Waals surface area contributed by atoms with Crippen LogP contribution < -0.4 is 10.0 Å². The zero-order chi connectivity index (χ0) is 16.8. The number of benzene rings is 1. The third kappa shape index (κ3) is 4.63. The summed E-state index contributed by atoms with van der Waals surface area (Å²) < 4.78 is 5.38. The molecule has 7 heteroatoms. The molecular weight excluding hydrogens is 300 g/mol. The van der Waals surface area contributed by atoms with Crippen molar-refractivity contribution < 1.29 is 23.9 Å². The highest BCUT2D eigenvalue weighted by molar-refractivity contribution is 5.98. The van der Waals surface area contributed by atoms with Crippen LogP contribution in [-0.2, 0) is 9.53 Å². The van der Waals surface area contributed by atoms with Crippen LogP contribution in [-0.4, -0.2) is 24.3 Å². The summed E-state index contributed by atoms with van der Waals surface area (Å²) in [6.07, 6.45) is 2.31. The Labute approximate surface area is 132 Å². The van der Waals surface area contributed by atoms with Gasteiger partial charge in [0.1, 0.15) is 0 Å². The van der Waals surface area contributed by atoms with Gasteiger partial charge in [-0.2, -0.15) is 4.73 Å². The normalized spacial score (nSPS) is 9.96. The van der Waals surface area contributed by atoms with Crippen LogP contribution in [0, 0.1) is 5.21 Å². The van der Waals surface area contributed by atoms with Gasteiger partial charge in [0.25, 0.3) is 5.91 Å². The average Bonchev–Trinajstić information content (AvgIpc) is 2.53. The van der Waals surface area contributed by atoms with Gasteiger partial charge in [-0.05, 0) is 19.1 Å². The van der Waals surface area contributed by atoms with Crippen molar-refractivity contribution in [3.05, 3.63) is 65.1 Å². The van der Waals surface area contributed by atoms with Crippen LogP contribution >= 0.6 is 0 Å². The third-order valence-electron chi connectivity index (χ3n) is 2.92. The van der Waals surface area contributed by atoms with Crippen LogP contribution in [0.25, 0.3) is 0 Å². The molecule has 0 atom stereocenters. The minimum Gasteiger partial charge on any atom is -0.619 e. The predicted octanol–water partition coefficient (Wildman–Crippen LogP) is 1.32. The Kier molecular flexibility index (Phi) is 5.03. The Morgan fingerprint density at radius 2 is 1.83 bits per heavy atom. The van der Waals surface area contributed by atoms with Crippen LogP contribution in [0.3, 0.4) is 0 Å². The summed E-state index contributed by atoms with van der Waals surface area (Å²) in [6.45, 7) is 0.948. The van der Waals surface area contributed by atoms with Crippen molar-refractivity contribution in [1.29, 1.82) is 0 Å².